The molecule has 0 aliphatic carbocycles. The Kier molecular flexibility index (Phi) is 2.29. The molecular weight excluding hydrogens is 222 g/mol. The number of hydrogen-bond donors (Lipinski definition) is 1. The summed E-state index contributed by atoms with van der Waals surface area (Å²) >= 11 is 0. The molecule has 1 aromatic carbocycles. The predicted molar refractivity (Wildman–Crippen MR) is 61.0 cm³/mol. The molecule has 0 atom stereocenters. The minimum Gasteiger partial charge on any atom is -0.493 e. The van der Waals surface area contributed by atoms with E-state index in [9.17, 15) is 0 Å². The first kappa shape index (κ1) is 10.5. The Morgan fingerprint density at radius 2 is 1.82 bits per heavy atom. The number of rotatable bonds is 3. The average Bonchev–Trinajstić information content (AvgIpc) is 2.72. The van der Waals surface area contributed by atoms with Crippen LogP contribution < -0.4 is 24.3 Å². The number of methoxy groups -OCH3 is 1. The zero-order valence-electron chi connectivity index (χ0n) is 9.91. The van der Waals surface area contributed by atoms with Gasteiger partial charge in [0.1, 0.15) is 5.60 Å². The minimum atomic E-state index is -0.166. The lowest BCUT2D eigenvalue weighted by molar-refractivity contribution is 0.0322. The second-order valence-electron chi connectivity index (χ2n) is 4.51. The third-order valence-electron chi connectivity index (χ3n) is 3.01. The fourth-order valence-electron chi connectivity index (χ4n) is 1.96. The van der Waals surface area contributed by atoms with E-state index in [0.717, 1.165) is 13.1 Å². The predicted octanol–water partition coefficient (Wildman–Crippen LogP) is 1.16. The minimum absolute atomic E-state index is 0.166. The highest BCUT2D eigenvalue weighted by atomic mass is 16.7. The largest absolute Gasteiger partial charge is 0.493 e. The fourth-order valence-corrected chi connectivity index (χ4v) is 1.96. The lowest BCUT2D eigenvalue weighted by atomic mass is 10.00. The molecule has 1 N–H and O–H groups in total. The van der Waals surface area contributed by atoms with Gasteiger partial charge in [0.25, 0.3) is 0 Å². The summed E-state index contributed by atoms with van der Waals surface area (Å²) in [7, 11) is 1.62. The second-order valence-corrected chi connectivity index (χ2v) is 4.51. The summed E-state index contributed by atoms with van der Waals surface area (Å²) in [5.74, 6) is 2.77. The Balaban J connectivity index is 1.92. The smallest absolute Gasteiger partial charge is 0.231 e. The molecule has 5 heteroatoms. The van der Waals surface area contributed by atoms with E-state index >= 15 is 0 Å². The van der Waals surface area contributed by atoms with Gasteiger partial charge in [0, 0.05) is 25.2 Å². The van der Waals surface area contributed by atoms with E-state index in [1.165, 1.54) is 0 Å². The molecule has 0 bridgehead atoms. The van der Waals surface area contributed by atoms with Crippen molar-refractivity contribution >= 4 is 0 Å². The Morgan fingerprint density at radius 1 is 1.18 bits per heavy atom. The Bertz CT molecular complexity index is 442. The van der Waals surface area contributed by atoms with Crippen molar-refractivity contribution in [2.75, 3.05) is 27.0 Å². The number of fused-ring (bicyclic) bond motifs is 1. The van der Waals surface area contributed by atoms with Gasteiger partial charge in [-0.15, -0.1) is 0 Å². The summed E-state index contributed by atoms with van der Waals surface area (Å²) < 4.78 is 21.9. The van der Waals surface area contributed by atoms with Gasteiger partial charge in [0.05, 0.1) is 7.11 Å². The molecule has 0 unspecified atom stereocenters. The lowest BCUT2D eigenvalue weighted by Gasteiger charge is -2.39. The molecule has 92 valence electrons. The van der Waals surface area contributed by atoms with Gasteiger partial charge in [-0.2, -0.15) is 0 Å². The highest BCUT2D eigenvalue weighted by molar-refractivity contribution is 5.55. The van der Waals surface area contributed by atoms with Gasteiger partial charge >= 0.3 is 0 Å². The van der Waals surface area contributed by atoms with Gasteiger partial charge in [-0.1, -0.05) is 0 Å². The van der Waals surface area contributed by atoms with Crippen LogP contribution in [0.1, 0.15) is 6.92 Å². The SMILES string of the molecule is COc1cc2c(cc1OC1(C)CNC1)OCO2. The first-order chi connectivity index (χ1) is 8.20. The van der Waals surface area contributed by atoms with E-state index in [0.29, 0.717) is 23.0 Å². The van der Waals surface area contributed by atoms with Gasteiger partial charge in [-0.05, 0) is 6.92 Å². The maximum Gasteiger partial charge on any atom is 0.231 e. The molecule has 2 heterocycles. The van der Waals surface area contributed by atoms with Crippen LogP contribution in [0.15, 0.2) is 12.1 Å². The summed E-state index contributed by atoms with van der Waals surface area (Å²) in [4.78, 5) is 0. The zero-order valence-corrected chi connectivity index (χ0v) is 9.91. The quantitative estimate of drug-likeness (QED) is 0.855. The van der Waals surface area contributed by atoms with Gasteiger partial charge in [-0.3, -0.25) is 0 Å². The molecule has 3 rings (SSSR count). The molecule has 1 fully saturated rings. The number of ether oxygens (including phenoxy) is 4. The van der Waals surface area contributed by atoms with E-state index in [-0.39, 0.29) is 12.4 Å². The highest BCUT2D eigenvalue weighted by Gasteiger charge is 2.35. The summed E-state index contributed by atoms with van der Waals surface area (Å²) in [5.41, 5.74) is -0.166. The molecule has 5 nitrogen and oxygen atoms in total. The number of nitrogens with one attached hydrogen (secondary N) is 1. The van der Waals surface area contributed by atoms with Crippen LogP contribution in [0.4, 0.5) is 0 Å². The van der Waals surface area contributed by atoms with Gasteiger partial charge < -0.3 is 24.3 Å². The monoisotopic (exact) mass is 237 g/mol. The maximum absolute atomic E-state index is 5.96. The first-order valence-corrected chi connectivity index (χ1v) is 5.58. The lowest BCUT2D eigenvalue weighted by Crippen LogP contribution is -2.61. The molecule has 1 saturated heterocycles. The third-order valence-corrected chi connectivity index (χ3v) is 3.01. The summed E-state index contributed by atoms with van der Waals surface area (Å²) in [6, 6.07) is 3.62. The molecule has 2 aliphatic heterocycles. The third kappa shape index (κ3) is 1.76. The van der Waals surface area contributed by atoms with E-state index in [1.54, 1.807) is 13.2 Å². The van der Waals surface area contributed by atoms with Crippen LogP contribution in [0.25, 0.3) is 0 Å². The summed E-state index contributed by atoms with van der Waals surface area (Å²) in [6.45, 7) is 3.99. The van der Waals surface area contributed by atoms with E-state index in [2.05, 4.69) is 12.2 Å². The summed E-state index contributed by atoms with van der Waals surface area (Å²) in [5, 5.41) is 3.19. The normalized spacial score (nSPS) is 19.6. The van der Waals surface area contributed by atoms with Crippen LogP contribution in [-0.4, -0.2) is 32.6 Å². The van der Waals surface area contributed by atoms with Crippen LogP contribution in [0, 0.1) is 0 Å². The molecule has 0 spiro atoms. The molecular formula is C12H15NO4. The van der Waals surface area contributed by atoms with Gasteiger partial charge in [-0.25, -0.2) is 0 Å². The topological polar surface area (TPSA) is 49.0 Å². The van der Waals surface area contributed by atoms with Gasteiger partial charge in [0.15, 0.2) is 23.0 Å². The number of benzene rings is 1. The van der Waals surface area contributed by atoms with Crippen molar-refractivity contribution in [3.63, 3.8) is 0 Å². The van der Waals surface area contributed by atoms with Crippen molar-refractivity contribution in [2.45, 2.75) is 12.5 Å². The van der Waals surface area contributed by atoms with Crippen LogP contribution in [-0.2, 0) is 0 Å². The van der Waals surface area contributed by atoms with E-state index < -0.39 is 0 Å². The molecule has 0 saturated carbocycles. The van der Waals surface area contributed by atoms with E-state index in [4.69, 9.17) is 18.9 Å². The molecule has 1 aromatic rings. The van der Waals surface area contributed by atoms with Gasteiger partial charge in [0.2, 0.25) is 6.79 Å². The fraction of sp³-hybridized carbons (Fsp3) is 0.500. The molecule has 0 aromatic heterocycles. The maximum atomic E-state index is 5.96. The molecule has 0 amide bonds. The Morgan fingerprint density at radius 3 is 2.35 bits per heavy atom. The second kappa shape index (κ2) is 3.70. The van der Waals surface area contributed by atoms with Crippen molar-refractivity contribution in [1.82, 2.24) is 5.32 Å². The van der Waals surface area contributed by atoms with Crippen LogP contribution in [0.2, 0.25) is 0 Å². The van der Waals surface area contributed by atoms with Crippen LogP contribution >= 0.6 is 0 Å². The highest BCUT2D eigenvalue weighted by Crippen LogP contribution is 2.43. The van der Waals surface area contributed by atoms with Crippen molar-refractivity contribution in [3.05, 3.63) is 12.1 Å². The standard InChI is InChI=1S/C12H15NO4/c1-12(5-13-6-12)17-11-4-10-9(15-7-16-10)3-8(11)14-2/h3-4,13H,5-7H2,1-2H3. The van der Waals surface area contributed by atoms with Crippen molar-refractivity contribution in [3.8, 4) is 23.0 Å². The summed E-state index contributed by atoms with van der Waals surface area (Å²) in [6.07, 6.45) is 0. The van der Waals surface area contributed by atoms with Crippen LogP contribution in [0.3, 0.4) is 0 Å². The van der Waals surface area contributed by atoms with Crippen molar-refractivity contribution in [2.24, 2.45) is 0 Å². The van der Waals surface area contributed by atoms with Crippen LogP contribution in [0.5, 0.6) is 23.0 Å². The molecule has 2 aliphatic rings. The van der Waals surface area contributed by atoms with E-state index in [1.807, 2.05) is 6.07 Å². The van der Waals surface area contributed by atoms with Crippen molar-refractivity contribution < 1.29 is 18.9 Å². The Hall–Kier alpha value is -1.62. The molecule has 0 radical (unpaired) electrons. The van der Waals surface area contributed by atoms with Crippen molar-refractivity contribution in [1.29, 1.82) is 0 Å². The number of hydrogen-bond acceptors (Lipinski definition) is 5. The Labute approximate surface area is 99.6 Å². The first-order valence-electron chi connectivity index (χ1n) is 5.58. The molecule has 17 heavy (non-hydrogen) atoms. The average molecular weight is 237 g/mol. The zero-order chi connectivity index (χ0) is 11.9.